The van der Waals surface area contributed by atoms with Crippen LogP contribution in [0.3, 0.4) is 0 Å². The lowest BCUT2D eigenvalue weighted by Crippen LogP contribution is -2.15. The fourth-order valence-electron chi connectivity index (χ4n) is 1.86. The Bertz CT molecular complexity index is 416. The Morgan fingerprint density at radius 3 is 2.72 bits per heavy atom. The predicted molar refractivity (Wildman–Crippen MR) is 62.9 cm³/mol. The van der Waals surface area contributed by atoms with Crippen LogP contribution in [0.2, 0.25) is 5.02 Å². The molecule has 1 aromatic rings. The van der Waals surface area contributed by atoms with Crippen LogP contribution in [0.5, 0.6) is 5.75 Å². The topological polar surface area (TPSA) is 21.3 Å². The highest BCUT2D eigenvalue weighted by Crippen LogP contribution is 2.34. The minimum Gasteiger partial charge on any atom is -0.492 e. The average Bonchev–Trinajstić information content (AvgIpc) is 2.79. The van der Waals surface area contributed by atoms with Crippen molar-refractivity contribution in [3.63, 3.8) is 0 Å². The number of hydrogen-bond donors (Lipinski definition) is 1. The van der Waals surface area contributed by atoms with Crippen LogP contribution in [0.4, 0.5) is 13.2 Å². The highest BCUT2D eigenvalue weighted by Gasteiger charge is 2.31. The first-order chi connectivity index (χ1) is 8.47. The second-order valence-corrected chi connectivity index (χ2v) is 4.72. The first-order valence-corrected chi connectivity index (χ1v) is 6.05. The van der Waals surface area contributed by atoms with Gasteiger partial charge >= 0.3 is 6.18 Å². The van der Waals surface area contributed by atoms with E-state index in [0.29, 0.717) is 18.3 Å². The summed E-state index contributed by atoms with van der Waals surface area (Å²) in [6.45, 7) is 2.30. The Morgan fingerprint density at radius 2 is 2.17 bits per heavy atom. The summed E-state index contributed by atoms with van der Waals surface area (Å²) in [6, 6.07) is 3.14. The van der Waals surface area contributed by atoms with E-state index in [-0.39, 0.29) is 5.02 Å². The number of alkyl halides is 3. The molecule has 1 N–H and O–H groups in total. The molecule has 18 heavy (non-hydrogen) atoms. The number of hydrogen-bond acceptors (Lipinski definition) is 2. The van der Waals surface area contributed by atoms with E-state index in [1.165, 1.54) is 6.07 Å². The summed E-state index contributed by atoms with van der Waals surface area (Å²) in [5.74, 6) is 0.694. The van der Waals surface area contributed by atoms with Crippen molar-refractivity contribution in [2.75, 3.05) is 19.7 Å². The largest absolute Gasteiger partial charge is 0.492 e. The molecule has 6 heteroatoms. The van der Waals surface area contributed by atoms with Gasteiger partial charge in [0.25, 0.3) is 0 Å². The summed E-state index contributed by atoms with van der Waals surface area (Å²) in [5, 5.41) is 3.19. The van der Waals surface area contributed by atoms with Crippen molar-refractivity contribution in [2.45, 2.75) is 12.6 Å². The quantitative estimate of drug-likeness (QED) is 0.916. The van der Waals surface area contributed by atoms with Gasteiger partial charge in [0.05, 0.1) is 17.2 Å². The summed E-state index contributed by atoms with van der Waals surface area (Å²) >= 11 is 5.78. The van der Waals surface area contributed by atoms with Gasteiger partial charge < -0.3 is 10.1 Å². The first-order valence-electron chi connectivity index (χ1n) is 5.67. The van der Waals surface area contributed by atoms with Crippen molar-refractivity contribution in [3.8, 4) is 5.75 Å². The lowest BCUT2D eigenvalue weighted by Gasteiger charge is -2.13. The summed E-state index contributed by atoms with van der Waals surface area (Å²) in [5.41, 5.74) is -0.762. The van der Waals surface area contributed by atoms with Crippen molar-refractivity contribution in [3.05, 3.63) is 28.8 Å². The monoisotopic (exact) mass is 279 g/mol. The van der Waals surface area contributed by atoms with Gasteiger partial charge in [-0.2, -0.15) is 13.2 Å². The van der Waals surface area contributed by atoms with Crippen molar-refractivity contribution in [1.29, 1.82) is 0 Å². The van der Waals surface area contributed by atoms with Gasteiger partial charge in [0.15, 0.2) is 0 Å². The Balaban J connectivity index is 2.01. The normalized spacial score (nSPS) is 20.1. The zero-order valence-electron chi connectivity index (χ0n) is 9.56. The van der Waals surface area contributed by atoms with E-state index in [4.69, 9.17) is 16.3 Å². The van der Waals surface area contributed by atoms with E-state index >= 15 is 0 Å². The van der Waals surface area contributed by atoms with Crippen LogP contribution in [0.1, 0.15) is 12.0 Å². The zero-order chi connectivity index (χ0) is 13.2. The lowest BCUT2D eigenvalue weighted by atomic mass is 10.1. The second-order valence-electron chi connectivity index (χ2n) is 4.31. The van der Waals surface area contributed by atoms with Crippen molar-refractivity contribution in [1.82, 2.24) is 5.32 Å². The maximum atomic E-state index is 12.4. The highest BCUT2D eigenvalue weighted by molar-refractivity contribution is 6.32. The summed E-state index contributed by atoms with van der Waals surface area (Å²) in [7, 11) is 0. The average molecular weight is 280 g/mol. The molecule has 100 valence electrons. The summed E-state index contributed by atoms with van der Waals surface area (Å²) < 4.78 is 42.7. The van der Waals surface area contributed by atoms with Crippen molar-refractivity contribution >= 4 is 11.6 Å². The molecule has 1 fully saturated rings. The summed E-state index contributed by atoms with van der Waals surface area (Å²) in [6.07, 6.45) is -3.37. The molecule has 1 atom stereocenters. The number of benzene rings is 1. The van der Waals surface area contributed by atoms with E-state index in [1.54, 1.807) is 0 Å². The van der Waals surface area contributed by atoms with Gasteiger partial charge in [0.1, 0.15) is 5.75 Å². The van der Waals surface area contributed by atoms with E-state index in [1.807, 2.05) is 0 Å². The standard InChI is InChI=1S/C12H13ClF3NO/c13-10-5-9(12(14,15)16)1-2-11(10)18-7-8-3-4-17-6-8/h1-2,5,8,17H,3-4,6-7H2. The van der Waals surface area contributed by atoms with Crippen LogP contribution < -0.4 is 10.1 Å². The van der Waals surface area contributed by atoms with Gasteiger partial charge in [0, 0.05) is 12.5 Å². The van der Waals surface area contributed by atoms with Crippen LogP contribution in [-0.4, -0.2) is 19.7 Å². The number of nitrogens with one attached hydrogen (secondary N) is 1. The van der Waals surface area contributed by atoms with Crippen LogP contribution in [-0.2, 0) is 6.18 Å². The maximum Gasteiger partial charge on any atom is 0.416 e. The van der Waals surface area contributed by atoms with Crippen LogP contribution >= 0.6 is 11.6 Å². The lowest BCUT2D eigenvalue weighted by molar-refractivity contribution is -0.137. The fourth-order valence-corrected chi connectivity index (χ4v) is 2.09. The maximum absolute atomic E-state index is 12.4. The number of halogens is 4. The molecule has 1 heterocycles. The van der Waals surface area contributed by atoms with Crippen molar-refractivity contribution < 1.29 is 17.9 Å². The van der Waals surface area contributed by atoms with Gasteiger partial charge in [-0.15, -0.1) is 0 Å². The molecule has 1 aliphatic heterocycles. The molecule has 2 nitrogen and oxygen atoms in total. The summed E-state index contributed by atoms with van der Waals surface area (Å²) in [4.78, 5) is 0. The highest BCUT2D eigenvalue weighted by atomic mass is 35.5. The molecular weight excluding hydrogens is 267 g/mol. The third-order valence-corrected chi connectivity index (χ3v) is 3.19. The molecule has 0 bridgehead atoms. The minimum absolute atomic E-state index is 0.00391. The Morgan fingerprint density at radius 1 is 1.39 bits per heavy atom. The van der Waals surface area contributed by atoms with E-state index in [0.717, 1.165) is 31.6 Å². The first kappa shape index (κ1) is 13.5. The fraction of sp³-hybridized carbons (Fsp3) is 0.500. The van der Waals surface area contributed by atoms with Gasteiger partial charge in [-0.1, -0.05) is 11.6 Å². The molecule has 0 radical (unpaired) electrons. The molecule has 1 aromatic carbocycles. The SMILES string of the molecule is FC(F)(F)c1ccc(OCC2CCNC2)c(Cl)c1. The van der Waals surface area contributed by atoms with E-state index in [2.05, 4.69) is 5.32 Å². The molecule has 2 rings (SSSR count). The Hall–Kier alpha value is -0.940. The van der Waals surface area contributed by atoms with E-state index in [9.17, 15) is 13.2 Å². The Kier molecular flexibility index (Phi) is 4.02. The smallest absolute Gasteiger partial charge is 0.416 e. The number of ether oxygens (including phenoxy) is 1. The molecule has 0 spiro atoms. The van der Waals surface area contributed by atoms with Crippen LogP contribution in [0.25, 0.3) is 0 Å². The van der Waals surface area contributed by atoms with E-state index < -0.39 is 11.7 Å². The molecule has 0 aliphatic carbocycles. The minimum atomic E-state index is -4.38. The van der Waals surface area contributed by atoms with Crippen molar-refractivity contribution in [2.24, 2.45) is 5.92 Å². The van der Waals surface area contributed by atoms with Gasteiger partial charge in [-0.05, 0) is 31.2 Å². The third-order valence-electron chi connectivity index (χ3n) is 2.90. The molecule has 1 unspecified atom stereocenters. The molecular formula is C12H13ClF3NO. The predicted octanol–water partition coefficient (Wildman–Crippen LogP) is 3.35. The van der Waals surface area contributed by atoms with Gasteiger partial charge in [0.2, 0.25) is 0 Å². The molecule has 1 saturated heterocycles. The second kappa shape index (κ2) is 5.36. The molecule has 0 saturated carbocycles. The molecule has 0 aromatic heterocycles. The molecule has 1 aliphatic rings. The number of rotatable bonds is 3. The van der Waals surface area contributed by atoms with Crippen LogP contribution in [0.15, 0.2) is 18.2 Å². The Labute approximate surface area is 108 Å². The zero-order valence-corrected chi connectivity index (χ0v) is 10.3. The third kappa shape index (κ3) is 3.29. The van der Waals surface area contributed by atoms with Crippen LogP contribution in [0, 0.1) is 5.92 Å². The van der Waals surface area contributed by atoms with Gasteiger partial charge in [-0.25, -0.2) is 0 Å². The molecule has 0 amide bonds. The van der Waals surface area contributed by atoms with Gasteiger partial charge in [-0.3, -0.25) is 0 Å².